The molecule has 1 aliphatic rings. The zero-order valence-electron chi connectivity index (χ0n) is 11.1. The van der Waals surface area contributed by atoms with Crippen molar-refractivity contribution >= 4 is 12.4 Å². The smallest absolute Gasteiger partial charge is 0.354 e. The molecule has 7 heteroatoms. The maximum atomic E-state index is 12.3. The minimum atomic E-state index is -4.43. The molecule has 1 fully saturated rings. The van der Waals surface area contributed by atoms with E-state index in [9.17, 15) is 13.2 Å². The highest BCUT2D eigenvalue weighted by Crippen LogP contribution is 2.25. The Kier molecular flexibility index (Phi) is 5.11. The molecule has 0 heterocycles. The lowest BCUT2D eigenvalue weighted by atomic mass is 10.1. The molecule has 1 saturated carbocycles. The largest absolute Gasteiger partial charge is 0.429 e. The van der Waals surface area contributed by atoms with E-state index in [1.54, 1.807) is 11.9 Å². The molecule has 0 aromatic heterocycles. The molecule has 0 unspecified atom stereocenters. The fraction of sp³-hybridized carbons (Fsp3) is 0.667. The lowest BCUT2D eigenvalue weighted by Gasteiger charge is -2.29. The van der Waals surface area contributed by atoms with Gasteiger partial charge >= 0.3 is 6.18 Å². The molecule has 2 N–H and O–H groups in total. The van der Waals surface area contributed by atoms with E-state index >= 15 is 0 Å². The van der Waals surface area contributed by atoms with E-state index in [2.05, 4.69) is 16.7 Å². The normalized spacial score (nSPS) is 25.6. The van der Waals surface area contributed by atoms with Crippen molar-refractivity contribution in [1.82, 2.24) is 4.90 Å². The zero-order valence-corrected chi connectivity index (χ0v) is 11.1. The molecular weight excluding hydrogens is 257 g/mol. The molecule has 0 bridgehead atoms. The Labute approximate surface area is 110 Å². The number of likely N-dealkylation sites (N-methyl/N-ethyl adjacent to an activating group) is 1. The van der Waals surface area contributed by atoms with E-state index in [1.807, 2.05) is 0 Å². The van der Waals surface area contributed by atoms with Crippen LogP contribution in [0.5, 0.6) is 0 Å². The van der Waals surface area contributed by atoms with E-state index in [0.717, 1.165) is 32.4 Å². The Hall–Kier alpha value is -1.37. The summed E-state index contributed by atoms with van der Waals surface area (Å²) in [4.78, 5) is 8.87. The van der Waals surface area contributed by atoms with Crippen LogP contribution in [-0.4, -0.2) is 42.6 Å². The van der Waals surface area contributed by atoms with Gasteiger partial charge in [0.2, 0.25) is 0 Å². The molecule has 19 heavy (non-hydrogen) atoms. The molecule has 0 spiro atoms. The van der Waals surface area contributed by atoms with Crippen LogP contribution in [0.15, 0.2) is 22.0 Å². The number of halogens is 3. The zero-order chi connectivity index (χ0) is 14.6. The van der Waals surface area contributed by atoms with Gasteiger partial charge in [-0.1, -0.05) is 0 Å². The summed E-state index contributed by atoms with van der Waals surface area (Å²) in [6.45, 7) is 4.28. The average molecular weight is 276 g/mol. The number of nitrogens with zero attached hydrogens (tertiary/aromatic N) is 3. The highest BCUT2D eigenvalue weighted by Gasteiger charge is 2.32. The van der Waals surface area contributed by atoms with Crippen LogP contribution in [0, 0.1) is 0 Å². The summed E-state index contributed by atoms with van der Waals surface area (Å²) in [5.41, 5.74) is 5.03. The molecule has 4 nitrogen and oxygen atoms in total. The van der Waals surface area contributed by atoms with Crippen LogP contribution in [0.1, 0.15) is 26.2 Å². The van der Waals surface area contributed by atoms with Gasteiger partial charge in [0.1, 0.15) is 11.5 Å². The summed E-state index contributed by atoms with van der Waals surface area (Å²) >= 11 is 0. The lowest BCUT2D eigenvalue weighted by molar-refractivity contribution is -0.0591. The van der Waals surface area contributed by atoms with E-state index in [4.69, 9.17) is 5.73 Å². The Morgan fingerprint density at radius 1 is 1.42 bits per heavy atom. The van der Waals surface area contributed by atoms with Crippen molar-refractivity contribution in [1.29, 1.82) is 0 Å². The number of rotatable bonds is 4. The van der Waals surface area contributed by atoms with Crippen LogP contribution >= 0.6 is 0 Å². The fourth-order valence-electron chi connectivity index (χ4n) is 2.09. The van der Waals surface area contributed by atoms with Crippen molar-refractivity contribution in [2.45, 2.75) is 44.4 Å². The lowest BCUT2D eigenvalue weighted by Crippen LogP contribution is -2.41. The Balaban J connectivity index is 2.85. The number of nitrogens with two attached hydrogens (primary N) is 1. The molecular formula is C12H19F3N4. The molecule has 0 saturated heterocycles. The summed E-state index contributed by atoms with van der Waals surface area (Å²) in [5.74, 6) is 0.297. The van der Waals surface area contributed by atoms with Gasteiger partial charge in [-0.25, -0.2) is 4.99 Å². The molecule has 0 aromatic carbocycles. The molecule has 2 atom stereocenters. The van der Waals surface area contributed by atoms with Crippen molar-refractivity contribution in [3.63, 3.8) is 0 Å². The third kappa shape index (κ3) is 4.05. The molecule has 108 valence electrons. The van der Waals surface area contributed by atoms with Crippen LogP contribution in [-0.2, 0) is 0 Å². The van der Waals surface area contributed by atoms with E-state index < -0.39 is 11.9 Å². The predicted octanol–water partition coefficient (Wildman–Crippen LogP) is 2.32. The molecule has 1 rings (SSSR count). The van der Waals surface area contributed by atoms with Gasteiger partial charge in [-0.2, -0.15) is 13.2 Å². The third-order valence-electron chi connectivity index (χ3n) is 3.34. The van der Waals surface area contributed by atoms with Gasteiger partial charge in [-0.3, -0.25) is 4.99 Å². The van der Waals surface area contributed by atoms with Crippen molar-refractivity contribution in [3.8, 4) is 0 Å². The molecule has 0 aliphatic heterocycles. The Bertz CT molecular complexity index is 387. The summed E-state index contributed by atoms with van der Waals surface area (Å²) in [6.07, 6.45) is -0.534. The monoisotopic (exact) mass is 276 g/mol. The first-order valence-corrected chi connectivity index (χ1v) is 6.04. The van der Waals surface area contributed by atoms with Crippen LogP contribution in [0.4, 0.5) is 13.2 Å². The average Bonchev–Trinajstić information content (AvgIpc) is 2.74. The van der Waals surface area contributed by atoms with E-state index in [-0.39, 0.29) is 12.1 Å². The van der Waals surface area contributed by atoms with Gasteiger partial charge in [0.25, 0.3) is 0 Å². The SMILES string of the molecule is C=N/C(=C\N=C(C)C(F)(F)F)N(C)[C@H]1CCC[C@@H]1N. The number of hydrogen-bond donors (Lipinski definition) is 1. The maximum absolute atomic E-state index is 12.3. The van der Waals surface area contributed by atoms with Gasteiger partial charge < -0.3 is 10.6 Å². The minimum absolute atomic E-state index is 0.00263. The Morgan fingerprint density at radius 3 is 2.47 bits per heavy atom. The summed E-state index contributed by atoms with van der Waals surface area (Å²) < 4.78 is 37.0. The Morgan fingerprint density at radius 2 is 2.05 bits per heavy atom. The highest BCUT2D eigenvalue weighted by molar-refractivity contribution is 5.87. The predicted molar refractivity (Wildman–Crippen MR) is 70.2 cm³/mol. The van der Waals surface area contributed by atoms with Gasteiger partial charge in [0, 0.05) is 19.1 Å². The standard InChI is InChI=1S/C12H19F3N4/c1-8(12(13,14)15)18-7-11(17-2)19(3)10-6-4-5-9(10)16/h7,9-10H,2,4-6,16H2,1,3H3/b11-7+,18-8?/t9-,10-/m0/s1. The molecule has 0 aromatic rings. The second kappa shape index (κ2) is 6.18. The first-order valence-electron chi connectivity index (χ1n) is 6.04. The first kappa shape index (κ1) is 15.7. The maximum Gasteiger partial charge on any atom is 0.429 e. The number of aliphatic imine (C=N–C) groups is 2. The third-order valence-corrected chi connectivity index (χ3v) is 3.34. The second-order valence-electron chi connectivity index (χ2n) is 4.63. The first-order chi connectivity index (χ1) is 8.77. The highest BCUT2D eigenvalue weighted by atomic mass is 19.4. The van der Waals surface area contributed by atoms with Gasteiger partial charge in [0.05, 0.1) is 6.20 Å². The topological polar surface area (TPSA) is 54.0 Å². The van der Waals surface area contributed by atoms with Crippen molar-refractivity contribution in [2.24, 2.45) is 15.7 Å². The van der Waals surface area contributed by atoms with Crippen LogP contribution < -0.4 is 5.73 Å². The van der Waals surface area contributed by atoms with Crippen molar-refractivity contribution in [3.05, 3.63) is 12.0 Å². The van der Waals surface area contributed by atoms with Crippen LogP contribution in [0.25, 0.3) is 0 Å². The van der Waals surface area contributed by atoms with E-state index in [1.165, 1.54) is 0 Å². The van der Waals surface area contributed by atoms with Crippen molar-refractivity contribution < 1.29 is 13.2 Å². The van der Waals surface area contributed by atoms with E-state index in [0.29, 0.717) is 5.82 Å². The summed E-state index contributed by atoms with van der Waals surface area (Å²) in [6, 6.07) is 0.0704. The minimum Gasteiger partial charge on any atom is -0.354 e. The quantitative estimate of drug-likeness (QED) is 0.801. The van der Waals surface area contributed by atoms with Gasteiger partial charge in [0.15, 0.2) is 0 Å². The van der Waals surface area contributed by atoms with Crippen LogP contribution in [0.2, 0.25) is 0 Å². The molecule has 0 radical (unpaired) electrons. The van der Waals surface area contributed by atoms with Crippen molar-refractivity contribution in [2.75, 3.05) is 7.05 Å². The number of alkyl halides is 3. The number of hydrogen-bond acceptors (Lipinski definition) is 4. The summed E-state index contributed by atoms with van der Waals surface area (Å²) in [5, 5.41) is 0. The molecule has 0 amide bonds. The van der Waals surface area contributed by atoms with Crippen LogP contribution in [0.3, 0.4) is 0 Å². The summed E-state index contributed by atoms with van der Waals surface area (Å²) in [7, 11) is 1.74. The second-order valence-corrected chi connectivity index (χ2v) is 4.63. The van der Waals surface area contributed by atoms with Gasteiger partial charge in [-0.15, -0.1) is 0 Å². The fourth-order valence-corrected chi connectivity index (χ4v) is 2.09. The molecule has 1 aliphatic carbocycles. The van der Waals surface area contributed by atoms with Gasteiger partial charge in [-0.05, 0) is 32.9 Å².